The average Bonchev–Trinajstić information content (AvgIpc) is 2.85. The summed E-state index contributed by atoms with van der Waals surface area (Å²) in [5.41, 5.74) is 0.195. The van der Waals surface area contributed by atoms with Gasteiger partial charge in [0.15, 0.2) is 0 Å². The molecule has 0 unspecified atom stereocenters. The number of hydrogen-bond donors (Lipinski definition) is 1. The van der Waals surface area contributed by atoms with Crippen molar-refractivity contribution in [1.29, 1.82) is 0 Å². The van der Waals surface area contributed by atoms with Crippen molar-refractivity contribution in [2.75, 3.05) is 21.3 Å². The van der Waals surface area contributed by atoms with Crippen LogP contribution < -0.4 is 4.74 Å². The minimum atomic E-state index is -1.08. The maximum atomic E-state index is 14.2. The number of rotatable bonds is 4. The van der Waals surface area contributed by atoms with E-state index < -0.39 is 35.8 Å². The van der Waals surface area contributed by atoms with Crippen LogP contribution in [0.1, 0.15) is 18.0 Å². The molecule has 1 aromatic rings. The Balaban J connectivity index is 2.46. The number of hydrogen-bond acceptors (Lipinski definition) is 5. The molecular formula is C15H18FNO5. The highest BCUT2D eigenvalue weighted by atomic mass is 19.1. The van der Waals surface area contributed by atoms with Crippen LogP contribution in [0.15, 0.2) is 18.2 Å². The van der Waals surface area contributed by atoms with Crippen LogP contribution >= 0.6 is 0 Å². The van der Waals surface area contributed by atoms with E-state index in [-0.39, 0.29) is 12.0 Å². The Morgan fingerprint density at radius 3 is 2.59 bits per heavy atom. The number of likely N-dealkylation sites (N-methyl/N-ethyl adjacent to an activating group) is 1. The van der Waals surface area contributed by atoms with Gasteiger partial charge in [-0.2, -0.15) is 0 Å². The molecule has 2 rings (SSSR count). The number of esters is 1. The standard InChI is InChI=1S/C15H18FNO5/c1-17-12(15(20)22-3)7-10(14(18)19)13(17)9-6-8(21-2)4-5-11(9)16/h4-6,10,12-13H,7H2,1-3H3,(H,18,19)/t10-,12-,13-/m1/s1. The second-order valence-electron chi connectivity index (χ2n) is 5.22. The van der Waals surface area contributed by atoms with E-state index in [2.05, 4.69) is 0 Å². The first kappa shape index (κ1) is 16.2. The fourth-order valence-corrected chi connectivity index (χ4v) is 2.96. The smallest absolute Gasteiger partial charge is 0.323 e. The van der Waals surface area contributed by atoms with Gasteiger partial charge < -0.3 is 14.6 Å². The molecule has 1 fully saturated rings. The van der Waals surface area contributed by atoms with Gasteiger partial charge in [0.1, 0.15) is 17.6 Å². The van der Waals surface area contributed by atoms with Crippen LogP contribution in [-0.2, 0) is 14.3 Å². The molecular weight excluding hydrogens is 293 g/mol. The molecule has 1 aliphatic heterocycles. The molecule has 0 aliphatic carbocycles. The molecule has 6 nitrogen and oxygen atoms in total. The zero-order valence-electron chi connectivity index (χ0n) is 12.6. The Labute approximate surface area is 127 Å². The molecule has 0 aromatic heterocycles. The first-order valence-electron chi connectivity index (χ1n) is 6.76. The van der Waals surface area contributed by atoms with E-state index in [0.717, 1.165) is 0 Å². The van der Waals surface area contributed by atoms with Crippen LogP contribution in [-0.4, -0.2) is 49.3 Å². The molecule has 1 heterocycles. The highest BCUT2D eigenvalue weighted by molar-refractivity contribution is 5.79. The van der Waals surface area contributed by atoms with Gasteiger partial charge in [0.25, 0.3) is 0 Å². The van der Waals surface area contributed by atoms with E-state index in [1.807, 2.05) is 0 Å². The number of methoxy groups -OCH3 is 2. The van der Waals surface area contributed by atoms with Gasteiger partial charge in [0.05, 0.1) is 26.2 Å². The van der Waals surface area contributed by atoms with Gasteiger partial charge in [-0.15, -0.1) is 0 Å². The Hall–Kier alpha value is -2.15. The largest absolute Gasteiger partial charge is 0.497 e. The van der Waals surface area contributed by atoms with Crippen LogP contribution in [0.4, 0.5) is 4.39 Å². The van der Waals surface area contributed by atoms with Crippen molar-refractivity contribution in [2.45, 2.75) is 18.5 Å². The molecule has 1 saturated heterocycles. The Morgan fingerprint density at radius 1 is 1.36 bits per heavy atom. The van der Waals surface area contributed by atoms with Gasteiger partial charge in [-0.1, -0.05) is 0 Å². The van der Waals surface area contributed by atoms with Crippen molar-refractivity contribution in [2.24, 2.45) is 5.92 Å². The average molecular weight is 311 g/mol. The maximum Gasteiger partial charge on any atom is 0.323 e. The van der Waals surface area contributed by atoms with E-state index in [4.69, 9.17) is 9.47 Å². The third kappa shape index (κ3) is 2.76. The van der Waals surface area contributed by atoms with Crippen LogP contribution in [0.2, 0.25) is 0 Å². The summed E-state index contributed by atoms with van der Waals surface area (Å²) in [5, 5.41) is 9.42. The van der Waals surface area contributed by atoms with E-state index in [0.29, 0.717) is 5.75 Å². The molecule has 0 spiro atoms. The molecule has 3 atom stereocenters. The van der Waals surface area contributed by atoms with Crippen molar-refractivity contribution in [3.8, 4) is 5.75 Å². The monoisotopic (exact) mass is 311 g/mol. The van der Waals surface area contributed by atoms with Crippen molar-refractivity contribution in [3.05, 3.63) is 29.6 Å². The molecule has 7 heteroatoms. The van der Waals surface area contributed by atoms with Gasteiger partial charge >= 0.3 is 11.9 Å². The van der Waals surface area contributed by atoms with E-state index in [1.54, 1.807) is 11.9 Å². The second-order valence-corrected chi connectivity index (χ2v) is 5.22. The summed E-state index contributed by atoms with van der Waals surface area (Å²) in [4.78, 5) is 24.9. The summed E-state index contributed by atoms with van der Waals surface area (Å²) in [7, 11) is 4.28. The lowest BCUT2D eigenvalue weighted by molar-refractivity contribution is -0.145. The predicted molar refractivity (Wildman–Crippen MR) is 75.0 cm³/mol. The number of aliphatic carboxylic acids is 1. The fraction of sp³-hybridized carbons (Fsp3) is 0.467. The lowest BCUT2D eigenvalue weighted by Crippen LogP contribution is -2.35. The molecule has 0 radical (unpaired) electrons. The Kier molecular flexibility index (Phi) is 4.65. The molecule has 22 heavy (non-hydrogen) atoms. The summed E-state index contributed by atoms with van der Waals surface area (Å²) >= 11 is 0. The van der Waals surface area contributed by atoms with Crippen LogP contribution in [0.25, 0.3) is 0 Å². The summed E-state index contributed by atoms with van der Waals surface area (Å²) in [6.45, 7) is 0. The first-order valence-corrected chi connectivity index (χ1v) is 6.76. The Bertz CT molecular complexity index is 591. The highest BCUT2D eigenvalue weighted by Crippen LogP contribution is 2.42. The number of carboxylic acid groups (broad SMARTS) is 1. The van der Waals surface area contributed by atoms with E-state index in [1.165, 1.54) is 32.4 Å². The molecule has 0 bridgehead atoms. The third-order valence-electron chi connectivity index (χ3n) is 4.10. The molecule has 1 aromatic carbocycles. The van der Waals surface area contributed by atoms with Gasteiger partial charge in [0, 0.05) is 5.56 Å². The number of ether oxygens (including phenoxy) is 2. The summed E-state index contributed by atoms with van der Waals surface area (Å²) in [6, 6.07) is 2.67. The van der Waals surface area contributed by atoms with E-state index in [9.17, 15) is 19.1 Å². The quantitative estimate of drug-likeness (QED) is 0.848. The van der Waals surface area contributed by atoms with Gasteiger partial charge in [0.2, 0.25) is 0 Å². The molecule has 120 valence electrons. The molecule has 0 amide bonds. The normalized spacial score (nSPS) is 25.0. The number of carbonyl (C=O) groups excluding carboxylic acids is 1. The molecule has 1 N–H and O–H groups in total. The number of carboxylic acids is 1. The number of halogens is 1. The van der Waals surface area contributed by atoms with Crippen LogP contribution in [0.5, 0.6) is 5.75 Å². The maximum absolute atomic E-state index is 14.2. The fourth-order valence-electron chi connectivity index (χ4n) is 2.96. The lowest BCUT2D eigenvalue weighted by Gasteiger charge is -2.26. The first-order chi connectivity index (χ1) is 10.4. The van der Waals surface area contributed by atoms with Crippen molar-refractivity contribution in [3.63, 3.8) is 0 Å². The predicted octanol–water partition coefficient (Wildman–Crippen LogP) is 1.45. The van der Waals surface area contributed by atoms with Crippen LogP contribution in [0.3, 0.4) is 0 Å². The SMILES string of the molecule is COC(=O)[C@H]1C[C@@H](C(=O)O)[C@@H](c2cc(OC)ccc2F)N1C. The lowest BCUT2D eigenvalue weighted by atomic mass is 9.92. The number of carbonyl (C=O) groups is 2. The zero-order valence-corrected chi connectivity index (χ0v) is 12.6. The topological polar surface area (TPSA) is 76.1 Å². The summed E-state index contributed by atoms with van der Waals surface area (Å²) < 4.78 is 24.0. The summed E-state index contributed by atoms with van der Waals surface area (Å²) in [5.74, 6) is -2.62. The number of benzene rings is 1. The van der Waals surface area contributed by atoms with Gasteiger partial charge in [-0.05, 0) is 31.7 Å². The molecule has 0 saturated carbocycles. The summed E-state index contributed by atoms with van der Waals surface area (Å²) in [6.07, 6.45) is 0.0693. The second kappa shape index (κ2) is 6.31. The van der Waals surface area contributed by atoms with Gasteiger partial charge in [-0.25, -0.2) is 4.39 Å². The third-order valence-corrected chi connectivity index (χ3v) is 4.10. The minimum absolute atomic E-state index is 0.0693. The van der Waals surface area contributed by atoms with Crippen molar-refractivity contribution in [1.82, 2.24) is 4.90 Å². The number of nitrogens with zero attached hydrogens (tertiary/aromatic N) is 1. The van der Waals surface area contributed by atoms with Gasteiger partial charge in [-0.3, -0.25) is 14.5 Å². The highest BCUT2D eigenvalue weighted by Gasteiger charge is 2.48. The van der Waals surface area contributed by atoms with Crippen molar-refractivity contribution >= 4 is 11.9 Å². The molecule has 1 aliphatic rings. The van der Waals surface area contributed by atoms with Crippen molar-refractivity contribution < 1.29 is 28.6 Å². The minimum Gasteiger partial charge on any atom is -0.497 e. The number of likely N-dealkylation sites (tertiary alicyclic amines) is 1. The van der Waals surface area contributed by atoms with E-state index >= 15 is 0 Å². The Morgan fingerprint density at radius 2 is 2.05 bits per heavy atom. The zero-order chi connectivity index (χ0) is 16.4. The van der Waals surface area contributed by atoms with Crippen LogP contribution in [0, 0.1) is 11.7 Å².